The minimum absolute atomic E-state index is 0.122. The van der Waals surface area contributed by atoms with Crippen molar-refractivity contribution in [2.24, 2.45) is 0 Å². The lowest BCUT2D eigenvalue weighted by Crippen LogP contribution is -2.13. The van der Waals surface area contributed by atoms with E-state index in [2.05, 4.69) is 25.5 Å². The summed E-state index contributed by atoms with van der Waals surface area (Å²) in [5.41, 5.74) is 0.616. The SMILES string of the molecule is Cc1nc(C(=O)Nc2cccnc2)n[nH]1. The van der Waals surface area contributed by atoms with Crippen molar-refractivity contribution < 1.29 is 4.79 Å². The zero-order valence-electron chi connectivity index (χ0n) is 8.06. The van der Waals surface area contributed by atoms with Crippen molar-refractivity contribution in [3.05, 3.63) is 36.2 Å². The third kappa shape index (κ3) is 2.16. The van der Waals surface area contributed by atoms with Crippen LogP contribution in [0.5, 0.6) is 0 Å². The monoisotopic (exact) mass is 203 g/mol. The van der Waals surface area contributed by atoms with E-state index in [0.717, 1.165) is 0 Å². The van der Waals surface area contributed by atoms with Crippen LogP contribution in [0.15, 0.2) is 24.5 Å². The molecule has 0 saturated carbocycles. The first-order chi connectivity index (χ1) is 7.25. The molecular weight excluding hydrogens is 194 g/mol. The molecule has 2 heterocycles. The molecule has 15 heavy (non-hydrogen) atoms. The molecule has 1 amide bonds. The summed E-state index contributed by atoms with van der Waals surface area (Å²) in [5, 5.41) is 8.97. The Morgan fingerprint density at radius 1 is 1.53 bits per heavy atom. The Morgan fingerprint density at radius 3 is 3.00 bits per heavy atom. The van der Waals surface area contributed by atoms with Crippen molar-refractivity contribution in [3.8, 4) is 0 Å². The van der Waals surface area contributed by atoms with E-state index in [1.54, 1.807) is 31.5 Å². The molecule has 0 bridgehead atoms. The Balaban J connectivity index is 2.11. The number of aromatic amines is 1. The lowest BCUT2D eigenvalue weighted by atomic mass is 10.4. The number of amides is 1. The van der Waals surface area contributed by atoms with Crippen LogP contribution in [0.3, 0.4) is 0 Å². The molecule has 0 saturated heterocycles. The molecule has 0 aliphatic heterocycles. The third-order valence-electron chi connectivity index (χ3n) is 1.72. The number of aromatic nitrogens is 4. The first-order valence-electron chi connectivity index (χ1n) is 4.36. The molecule has 2 N–H and O–H groups in total. The number of rotatable bonds is 2. The fraction of sp³-hybridized carbons (Fsp3) is 0.111. The average molecular weight is 203 g/mol. The van der Waals surface area contributed by atoms with E-state index in [1.165, 1.54) is 0 Å². The van der Waals surface area contributed by atoms with Gasteiger partial charge in [-0.05, 0) is 19.1 Å². The molecule has 2 rings (SSSR count). The van der Waals surface area contributed by atoms with E-state index in [4.69, 9.17) is 0 Å². The third-order valence-corrected chi connectivity index (χ3v) is 1.72. The maximum absolute atomic E-state index is 11.5. The van der Waals surface area contributed by atoms with Gasteiger partial charge in [-0.1, -0.05) is 0 Å². The van der Waals surface area contributed by atoms with Crippen molar-refractivity contribution in [2.45, 2.75) is 6.92 Å². The lowest BCUT2D eigenvalue weighted by Gasteiger charge is -1.99. The molecule has 0 fully saturated rings. The normalized spacial score (nSPS) is 9.93. The van der Waals surface area contributed by atoms with Crippen LogP contribution in [0.2, 0.25) is 0 Å². The van der Waals surface area contributed by atoms with Crippen molar-refractivity contribution in [2.75, 3.05) is 5.32 Å². The molecule has 0 aliphatic carbocycles. The molecule has 2 aromatic heterocycles. The highest BCUT2D eigenvalue weighted by molar-refractivity contribution is 6.01. The van der Waals surface area contributed by atoms with Crippen LogP contribution in [0, 0.1) is 6.92 Å². The highest BCUT2D eigenvalue weighted by atomic mass is 16.2. The van der Waals surface area contributed by atoms with E-state index in [0.29, 0.717) is 11.5 Å². The number of nitrogens with one attached hydrogen (secondary N) is 2. The lowest BCUT2D eigenvalue weighted by molar-refractivity contribution is 0.101. The first-order valence-corrected chi connectivity index (χ1v) is 4.36. The minimum atomic E-state index is -0.354. The van der Waals surface area contributed by atoms with Crippen molar-refractivity contribution in [3.63, 3.8) is 0 Å². The molecular formula is C9H9N5O. The van der Waals surface area contributed by atoms with Gasteiger partial charge in [-0.25, -0.2) is 4.98 Å². The minimum Gasteiger partial charge on any atom is -0.318 e. The number of aryl methyl sites for hydroxylation is 1. The van der Waals surface area contributed by atoms with Crippen LogP contribution >= 0.6 is 0 Å². The Bertz CT molecular complexity index is 464. The molecule has 6 nitrogen and oxygen atoms in total. The predicted octanol–water partition coefficient (Wildman–Crippen LogP) is 0.760. The summed E-state index contributed by atoms with van der Waals surface area (Å²) in [4.78, 5) is 19.3. The van der Waals surface area contributed by atoms with Crippen molar-refractivity contribution in [1.29, 1.82) is 0 Å². The number of nitrogens with zero attached hydrogens (tertiary/aromatic N) is 3. The van der Waals surface area contributed by atoms with Gasteiger partial charge in [0.15, 0.2) is 0 Å². The Hall–Kier alpha value is -2.24. The van der Waals surface area contributed by atoms with Gasteiger partial charge in [0.2, 0.25) is 5.82 Å². The van der Waals surface area contributed by atoms with Crippen LogP contribution in [0.1, 0.15) is 16.4 Å². The standard InChI is InChI=1S/C9H9N5O/c1-6-11-8(14-13-6)9(15)12-7-3-2-4-10-5-7/h2-5H,1H3,(H,12,15)(H,11,13,14). The summed E-state index contributed by atoms with van der Waals surface area (Å²) in [6.45, 7) is 1.73. The molecule has 0 aliphatic rings. The topological polar surface area (TPSA) is 83.6 Å². The highest BCUT2D eigenvalue weighted by Crippen LogP contribution is 2.04. The van der Waals surface area contributed by atoms with Gasteiger partial charge in [-0.2, -0.15) is 0 Å². The molecule has 6 heteroatoms. The van der Waals surface area contributed by atoms with Gasteiger partial charge >= 0.3 is 0 Å². The predicted molar refractivity (Wildman–Crippen MR) is 53.3 cm³/mol. The number of anilines is 1. The van der Waals surface area contributed by atoms with E-state index in [9.17, 15) is 4.79 Å². The summed E-state index contributed by atoms with van der Waals surface area (Å²) in [5.74, 6) is 0.370. The van der Waals surface area contributed by atoms with Crippen LogP contribution < -0.4 is 5.32 Å². The fourth-order valence-corrected chi connectivity index (χ4v) is 1.07. The summed E-state index contributed by atoms with van der Waals surface area (Å²) < 4.78 is 0. The van der Waals surface area contributed by atoms with Crippen molar-refractivity contribution >= 4 is 11.6 Å². The second-order valence-corrected chi connectivity index (χ2v) is 2.94. The van der Waals surface area contributed by atoms with Crippen molar-refractivity contribution in [1.82, 2.24) is 20.2 Å². The molecule has 0 aromatic carbocycles. The number of carbonyl (C=O) groups is 1. The zero-order valence-corrected chi connectivity index (χ0v) is 8.06. The van der Waals surface area contributed by atoms with Crippen LogP contribution in [0.25, 0.3) is 0 Å². The van der Waals surface area contributed by atoms with E-state index >= 15 is 0 Å². The van der Waals surface area contributed by atoms with Gasteiger partial charge in [0, 0.05) is 6.20 Å². The number of H-pyrrole nitrogens is 1. The molecule has 0 unspecified atom stereocenters. The Labute approximate surface area is 85.8 Å². The largest absolute Gasteiger partial charge is 0.318 e. The summed E-state index contributed by atoms with van der Waals surface area (Å²) in [6.07, 6.45) is 3.18. The van der Waals surface area contributed by atoms with E-state index in [-0.39, 0.29) is 11.7 Å². The number of pyridine rings is 1. The van der Waals surface area contributed by atoms with E-state index < -0.39 is 0 Å². The van der Waals surface area contributed by atoms with Gasteiger partial charge in [-0.15, -0.1) is 5.10 Å². The second kappa shape index (κ2) is 3.87. The maximum Gasteiger partial charge on any atom is 0.295 e. The molecule has 76 valence electrons. The highest BCUT2D eigenvalue weighted by Gasteiger charge is 2.10. The quantitative estimate of drug-likeness (QED) is 0.754. The molecule has 2 aromatic rings. The van der Waals surface area contributed by atoms with Gasteiger partial charge in [0.25, 0.3) is 5.91 Å². The second-order valence-electron chi connectivity index (χ2n) is 2.94. The summed E-state index contributed by atoms with van der Waals surface area (Å²) in [7, 11) is 0. The maximum atomic E-state index is 11.5. The summed E-state index contributed by atoms with van der Waals surface area (Å²) in [6, 6.07) is 3.48. The van der Waals surface area contributed by atoms with Crippen LogP contribution in [-0.2, 0) is 0 Å². The first kappa shape index (κ1) is 9.32. The summed E-state index contributed by atoms with van der Waals surface area (Å²) >= 11 is 0. The van der Waals surface area contributed by atoms with E-state index in [1.807, 2.05) is 0 Å². The van der Waals surface area contributed by atoms with Crippen LogP contribution in [0.4, 0.5) is 5.69 Å². The smallest absolute Gasteiger partial charge is 0.295 e. The van der Waals surface area contributed by atoms with Gasteiger partial charge < -0.3 is 5.32 Å². The molecule has 0 radical (unpaired) electrons. The Morgan fingerprint density at radius 2 is 2.40 bits per heavy atom. The number of carbonyl (C=O) groups excluding carboxylic acids is 1. The van der Waals surface area contributed by atoms with Gasteiger partial charge in [-0.3, -0.25) is 14.9 Å². The van der Waals surface area contributed by atoms with Gasteiger partial charge in [0.1, 0.15) is 5.82 Å². The van der Waals surface area contributed by atoms with Crippen LogP contribution in [-0.4, -0.2) is 26.1 Å². The number of hydrogen-bond donors (Lipinski definition) is 2. The Kier molecular flexibility index (Phi) is 2.40. The molecule has 0 atom stereocenters. The fourth-order valence-electron chi connectivity index (χ4n) is 1.07. The number of hydrogen-bond acceptors (Lipinski definition) is 4. The zero-order chi connectivity index (χ0) is 10.7. The average Bonchev–Trinajstić information content (AvgIpc) is 2.66. The molecule has 0 spiro atoms. The van der Waals surface area contributed by atoms with Gasteiger partial charge in [0.05, 0.1) is 11.9 Å².